The molecule has 0 saturated heterocycles. The van der Waals surface area contributed by atoms with Crippen LogP contribution in [-0.4, -0.2) is 16.1 Å². The zero-order chi connectivity index (χ0) is 8.10. The van der Waals surface area contributed by atoms with Crippen LogP contribution in [0.4, 0.5) is 0 Å². The lowest BCUT2D eigenvalue weighted by Crippen LogP contribution is -1.94. The number of aryl methyl sites for hydroxylation is 1. The fourth-order valence-corrected chi connectivity index (χ4v) is 0.819. The minimum atomic E-state index is 0.698. The van der Waals surface area contributed by atoms with Crippen molar-refractivity contribution in [3.8, 4) is 0 Å². The average Bonchev–Trinajstić information content (AvgIpc) is 2.37. The normalized spacial score (nSPS) is 11.1. The average molecular weight is 151 g/mol. The topological polar surface area (TPSA) is 43.8 Å². The molecular formula is C8H13N3. The molecule has 0 radical (unpaired) electrons. The van der Waals surface area contributed by atoms with E-state index in [1.165, 1.54) is 0 Å². The van der Waals surface area contributed by atoms with Crippen LogP contribution in [0.15, 0.2) is 18.6 Å². The standard InChI is InChI=1S/C8H13N3/c1-11-6-8(10-7-11)4-2-3-5-9/h2,4,6-7H,3,5,9H2,1H3/b4-2+. The lowest BCUT2D eigenvalue weighted by atomic mass is 10.3. The van der Waals surface area contributed by atoms with Crippen LogP contribution in [-0.2, 0) is 7.05 Å². The molecular weight excluding hydrogens is 138 g/mol. The quantitative estimate of drug-likeness (QED) is 0.693. The molecule has 11 heavy (non-hydrogen) atoms. The van der Waals surface area contributed by atoms with E-state index in [-0.39, 0.29) is 0 Å². The van der Waals surface area contributed by atoms with E-state index < -0.39 is 0 Å². The maximum absolute atomic E-state index is 5.32. The number of aromatic nitrogens is 2. The predicted octanol–water partition coefficient (Wildman–Crippen LogP) is 0.782. The Labute approximate surface area is 66.5 Å². The smallest absolute Gasteiger partial charge is 0.0950 e. The fourth-order valence-electron chi connectivity index (χ4n) is 0.819. The van der Waals surface area contributed by atoms with Crippen molar-refractivity contribution in [2.45, 2.75) is 6.42 Å². The van der Waals surface area contributed by atoms with Gasteiger partial charge in [0.15, 0.2) is 0 Å². The Morgan fingerprint density at radius 2 is 2.55 bits per heavy atom. The summed E-state index contributed by atoms with van der Waals surface area (Å²) in [6, 6.07) is 0. The molecule has 1 rings (SSSR count). The molecule has 3 heteroatoms. The van der Waals surface area contributed by atoms with Gasteiger partial charge in [0, 0.05) is 13.2 Å². The fraction of sp³-hybridized carbons (Fsp3) is 0.375. The Morgan fingerprint density at radius 1 is 1.73 bits per heavy atom. The first-order valence-corrected chi connectivity index (χ1v) is 3.67. The molecule has 1 aromatic heterocycles. The van der Waals surface area contributed by atoms with E-state index in [0.717, 1.165) is 12.1 Å². The van der Waals surface area contributed by atoms with Crippen molar-refractivity contribution in [3.05, 3.63) is 24.3 Å². The molecule has 0 unspecified atom stereocenters. The molecule has 0 atom stereocenters. The molecule has 0 saturated carbocycles. The summed E-state index contributed by atoms with van der Waals surface area (Å²) in [5, 5.41) is 0. The van der Waals surface area contributed by atoms with Crippen LogP contribution >= 0.6 is 0 Å². The first-order valence-electron chi connectivity index (χ1n) is 3.67. The number of hydrogen-bond acceptors (Lipinski definition) is 2. The van der Waals surface area contributed by atoms with Crippen molar-refractivity contribution in [3.63, 3.8) is 0 Å². The number of nitrogens with zero attached hydrogens (tertiary/aromatic N) is 2. The molecule has 3 nitrogen and oxygen atoms in total. The van der Waals surface area contributed by atoms with Crippen molar-refractivity contribution in [1.29, 1.82) is 0 Å². The number of hydrogen-bond donors (Lipinski definition) is 1. The van der Waals surface area contributed by atoms with Crippen LogP contribution in [0, 0.1) is 0 Å². The Bertz CT molecular complexity index is 237. The minimum Gasteiger partial charge on any atom is -0.340 e. The lowest BCUT2D eigenvalue weighted by Gasteiger charge is -1.83. The highest BCUT2D eigenvalue weighted by atomic mass is 15.0. The highest BCUT2D eigenvalue weighted by Gasteiger charge is 1.87. The third-order valence-electron chi connectivity index (χ3n) is 1.35. The Kier molecular flexibility index (Phi) is 2.86. The molecule has 1 aromatic rings. The van der Waals surface area contributed by atoms with Gasteiger partial charge in [-0.15, -0.1) is 0 Å². The summed E-state index contributed by atoms with van der Waals surface area (Å²) in [7, 11) is 1.95. The predicted molar refractivity (Wildman–Crippen MR) is 45.9 cm³/mol. The Morgan fingerprint density at radius 3 is 3.09 bits per heavy atom. The van der Waals surface area contributed by atoms with Crippen molar-refractivity contribution < 1.29 is 0 Å². The number of nitrogens with two attached hydrogens (primary N) is 1. The maximum atomic E-state index is 5.32. The number of rotatable bonds is 3. The Hall–Kier alpha value is -1.09. The zero-order valence-electron chi connectivity index (χ0n) is 6.70. The van der Waals surface area contributed by atoms with E-state index in [1.54, 1.807) is 6.33 Å². The van der Waals surface area contributed by atoms with Gasteiger partial charge < -0.3 is 10.3 Å². The van der Waals surface area contributed by atoms with Gasteiger partial charge >= 0.3 is 0 Å². The molecule has 0 aromatic carbocycles. The van der Waals surface area contributed by atoms with E-state index in [1.807, 2.05) is 30.0 Å². The zero-order valence-corrected chi connectivity index (χ0v) is 6.70. The van der Waals surface area contributed by atoms with Crippen LogP contribution in [0.2, 0.25) is 0 Å². The van der Waals surface area contributed by atoms with Gasteiger partial charge in [0.1, 0.15) is 0 Å². The summed E-state index contributed by atoms with van der Waals surface area (Å²) in [4.78, 5) is 4.12. The first-order chi connectivity index (χ1) is 5.33. The van der Waals surface area contributed by atoms with Crippen molar-refractivity contribution in [1.82, 2.24) is 9.55 Å². The van der Waals surface area contributed by atoms with Crippen molar-refractivity contribution >= 4 is 6.08 Å². The minimum absolute atomic E-state index is 0.698. The second-order valence-corrected chi connectivity index (χ2v) is 2.44. The molecule has 2 N–H and O–H groups in total. The van der Waals surface area contributed by atoms with E-state index in [2.05, 4.69) is 4.98 Å². The van der Waals surface area contributed by atoms with Crippen molar-refractivity contribution in [2.24, 2.45) is 12.8 Å². The van der Waals surface area contributed by atoms with Gasteiger partial charge in [0.05, 0.1) is 12.0 Å². The van der Waals surface area contributed by atoms with Crippen LogP contribution in [0.1, 0.15) is 12.1 Å². The van der Waals surface area contributed by atoms with Crippen LogP contribution < -0.4 is 5.73 Å². The summed E-state index contributed by atoms with van der Waals surface area (Å²) >= 11 is 0. The van der Waals surface area contributed by atoms with Gasteiger partial charge in [-0.1, -0.05) is 6.08 Å². The van der Waals surface area contributed by atoms with Crippen LogP contribution in [0.3, 0.4) is 0 Å². The molecule has 0 aliphatic carbocycles. The van der Waals surface area contributed by atoms with E-state index in [4.69, 9.17) is 5.73 Å². The second kappa shape index (κ2) is 3.93. The van der Waals surface area contributed by atoms with Gasteiger partial charge in [-0.3, -0.25) is 0 Å². The monoisotopic (exact) mass is 151 g/mol. The Balaban J connectivity index is 2.50. The molecule has 0 aliphatic rings. The van der Waals surface area contributed by atoms with E-state index in [9.17, 15) is 0 Å². The summed E-state index contributed by atoms with van der Waals surface area (Å²) < 4.78 is 1.92. The molecule has 1 heterocycles. The largest absolute Gasteiger partial charge is 0.340 e. The van der Waals surface area contributed by atoms with E-state index >= 15 is 0 Å². The van der Waals surface area contributed by atoms with Gasteiger partial charge in [0.2, 0.25) is 0 Å². The summed E-state index contributed by atoms with van der Waals surface area (Å²) in [6.45, 7) is 0.698. The summed E-state index contributed by atoms with van der Waals surface area (Å²) in [6.07, 6.45) is 8.67. The first kappa shape index (κ1) is 8.01. The van der Waals surface area contributed by atoms with Crippen LogP contribution in [0.5, 0.6) is 0 Å². The molecule has 60 valence electrons. The highest BCUT2D eigenvalue weighted by Crippen LogP contribution is 1.97. The summed E-state index contributed by atoms with van der Waals surface area (Å²) in [5.41, 5.74) is 6.31. The molecule has 0 aliphatic heterocycles. The van der Waals surface area contributed by atoms with E-state index in [0.29, 0.717) is 6.54 Å². The summed E-state index contributed by atoms with van der Waals surface area (Å²) in [5.74, 6) is 0. The molecule has 0 bridgehead atoms. The highest BCUT2D eigenvalue weighted by molar-refractivity contribution is 5.42. The van der Waals surface area contributed by atoms with Crippen LogP contribution in [0.25, 0.3) is 6.08 Å². The van der Waals surface area contributed by atoms with Gasteiger partial charge in [-0.05, 0) is 19.0 Å². The SMILES string of the molecule is Cn1cnc(/C=C/CCN)c1. The van der Waals surface area contributed by atoms with Gasteiger partial charge in [-0.25, -0.2) is 4.98 Å². The lowest BCUT2D eigenvalue weighted by molar-refractivity contribution is 0.913. The number of imidazole rings is 1. The van der Waals surface area contributed by atoms with Gasteiger partial charge in [-0.2, -0.15) is 0 Å². The molecule has 0 spiro atoms. The third-order valence-corrected chi connectivity index (χ3v) is 1.35. The molecule has 0 amide bonds. The van der Waals surface area contributed by atoms with Crippen molar-refractivity contribution in [2.75, 3.05) is 6.54 Å². The maximum Gasteiger partial charge on any atom is 0.0950 e. The third kappa shape index (κ3) is 2.55. The second-order valence-electron chi connectivity index (χ2n) is 2.44. The van der Waals surface area contributed by atoms with Gasteiger partial charge in [0.25, 0.3) is 0 Å². The molecule has 0 fully saturated rings.